The van der Waals surface area contributed by atoms with Crippen LogP contribution in [0.5, 0.6) is 0 Å². The minimum absolute atomic E-state index is 0.0334. The highest BCUT2D eigenvalue weighted by Crippen LogP contribution is 2.40. The second-order valence-corrected chi connectivity index (χ2v) is 7.08. The van der Waals surface area contributed by atoms with Crippen molar-refractivity contribution in [2.75, 3.05) is 11.9 Å². The van der Waals surface area contributed by atoms with Gasteiger partial charge in [-0.2, -0.15) is 0 Å². The third-order valence-electron chi connectivity index (χ3n) is 4.49. The van der Waals surface area contributed by atoms with Crippen LogP contribution in [-0.4, -0.2) is 19.2 Å². The quantitative estimate of drug-likeness (QED) is 0.368. The average Bonchev–Trinajstić information content (AvgIpc) is 2.73. The molecule has 1 aliphatic rings. The summed E-state index contributed by atoms with van der Waals surface area (Å²) < 4.78 is 45.7. The lowest BCUT2D eigenvalue weighted by atomic mass is 9.91. The molecule has 0 aromatic heterocycles. The van der Waals surface area contributed by atoms with E-state index < -0.39 is 23.4 Å². The van der Waals surface area contributed by atoms with Crippen LogP contribution in [0.25, 0.3) is 0 Å². The largest absolute Gasteiger partial charge is 0.324 e. The highest BCUT2D eigenvalue weighted by molar-refractivity contribution is 7.98. The van der Waals surface area contributed by atoms with E-state index in [4.69, 9.17) is 0 Å². The highest BCUT2D eigenvalue weighted by Gasteiger charge is 2.25. The van der Waals surface area contributed by atoms with Gasteiger partial charge >= 0.3 is 0 Å². The Morgan fingerprint density at radius 1 is 1.21 bits per heavy atom. The Labute approximate surface area is 171 Å². The van der Waals surface area contributed by atoms with Gasteiger partial charge in [0.15, 0.2) is 0 Å². The molecule has 0 bridgehead atoms. The van der Waals surface area contributed by atoms with Gasteiger partial charge in [-0.15, -0.1) is 0 Å². The molecular formula is C21H19F3N4S. The van der Waals surface area contributed by atoms with Crippen LogP contribution in [0.2, 0.25) is 0 Å². The molecule has 2 aromatic carbocycles. The number of hydrogen-bond acceptors (Lipinski definition) is 3. The van der Waals surface area contributed by atoms with Crippen molar-refractivity contribution in [3.8, 4) is 0 Å². The highest BCUT2D eigenvalue weighted by atomic mass is 32.2. The lowest BCUT2D eigenvalue weighted by molar-refractivity contribution is 0.581. The molecule has 2 aromatic rings. The second-order valence-electron chi connectivity index (χ2n) is 6.23. The average molecular weight is 416 g/mol. The Bertz CT molecular complexity index is 1020. The van der Waals surface area contributed by atoms with Gasteiger partial charge in [0.2, 0.25) is 5.96 Å². The van der Waals surface area contributed by atoms with Gasteiger partial charge in [-0.3, -0.25) is 9.71 Å². The molecule has 3 rings (SSSR count). The summed E-state index contributed by atoms with van der Waals surface area (Å²) in [6.07, 6.45) is 1.03. The van der Waals surface area contributed by atoms with Gasteiger partial charge in [-0.05, 0) is 48.5 Å². The van der Waals surface area contributed by atoms with Crippen molar-refractivity contribution in [1.29, 1.82) is 0 Å². The van der Waals surface area contributed by atoms with E-state index in [1.807, 2.05) is 0 Å². The van der Waals surface area contributed by atoms with Gasteiger partial charge in [0.25, 0.3) is 0 Å². The van der Waals surface area contributed by atoms with Crippen LogP contribution in [-0.2, 0) is 0 Å². The third-order valence-corrected chi connectivity index (χ3v) is 5.35. The monoisotopic (exact) mass is 416 g/mol. The van der Waals surface area contributed by atoms with Crippen LogP contribution in [0.4, 0.5) is 18.9 Å². The number of hydrogen-bond donors (Lipinski definition) is 2. The van der Waals surface area contributed by atoms with Crippen molar-refractivity contribution >= 4 is 30.3 Å². The van der Waals surface area contributed by atoms with E-state index in [0.29, 0.717) is 22.8 Å². The molecule has 4 nitrogen and oxygen atoms in total. The molecule has 0 saturated heterocycles. The van der Waals surface area contributed by atoms with Gasteiger partial charge in [-0.25, -0.2) is 18.2 Å². The molecular weight excluding hydrogens is 397 g/mol. The van der Waals surface area contributed by atoms with Crippen LogP contribution < -0.4 is 10.0 Å². The molecule has 1 unspecified atom stereocenters. The zero-order valence-corrected chi connectivity index (χ0v) is 16.5. The summed E-state index contributed by atoms with van der Waals surface area (Å²) in [4.78, 5) is 8.58. The van der Waals surface area contributed by atoms with Crippen molar-refractivity contribution in [3.63, 3.8) is 0 Å². The Hall–Kier alpha value is -3.00. The van der Waals surface area contributed by atoms with Crippen molar-refractivity contribution < 1.29 is 13.2 Å². The first-order valence-corrected chi connectivity index (χ1v) is 9.56. The molecule has 29 heavy (non-hydrogen) atoms. The smallest absolute Gasteiger partial charge is 0.206 e. The number of rotatable bonds is 6. The van der Waals surface area contributed by atoms with Crippen LogP contribution in [0.1, 0.15) is 24.0 Å². The van der Waals surface area contributed by atoms with E-state index in [9.17, 15) is 13.2 Å². The minimum Gasteiger partial charge on any atom is -0.324 e. The number of nitrogens with zero attached hydrogens (tertiary/aromatic N) is 2. The lowest BCUT2D eigenvalue weighted by Gasteiger charge is -2.26. The molecule has 0 radical (unpaired) electrons. The Balaban J connectivity index is 1.97. The maximum Gasteiger partial charge on any atom is 0.206 e. The van der Waals surface area contributed by atoms with Crippen LogP contribution in [0, 0.1) is 11.6 Å². The van der Waals surface area contributed by atoms with E-state index in [0.717, 1.165) is 11.0 Å². The van der Waals surface area contributed by atoms with E-state index in [1.54, 1.807) is 31.2 Å². The number of aliphatic imine (C=N–C) groups is 2. The van der Waals surface area contributed by atoms with Crippen molar-refractivity contribution in [1.82, 2.24) is 4.72 Å². The zero-order valence-electron chi connectivity index (χ0n) is 15.7. The van der Waals surface area contributed by atoms with E-state index in [1.165, 1.54) is 24.1 Å². The standard InChI is InChI=1S/C21H19F3N4S/c1-4-14(22)17(25-3)11-26-21-27-20-18(29-28-21)10-9-16(24)19(20)12(2)13-7-5-6-8-15(13)23/h4-10,12H,1,3,11H2,2H3,(H2,26,27,28)/b17-14+. The van der Waals surface area contributed by atoms with Gasteiger partial charge in [0.1, 0.15) is 17.5 Å². The number of anilines is 1. The fourth-order valence-electron chi connectivity index (χ4n) is 2.99. The summed E-state index contributed by atoms with van der Waals surface area (Å²) >= 11 is 1.23. The van der Waals surface area contributed by atoms with E-state index in [-0.39, 0.29) is 12.2 Å². The zero-order chi connectivity index (χ0) is 21.0. The summed E-state index contributed by atoms with van der Waals surface area (Å²) in [5.74, 6) is -1.72. The molecule has 0 aliphatic carbocycles. The molecule has 0 saturated carbocycles. The predicted octanol–water partition coefficient (Wildman–Crippen LogP) is 5.56. The molecule has 0 spiro atoms. The maximum absolute atomic E-state index is 14.8. The number of guanidine groups is 1. The normalized spacial score (nSPS) is 16.2. The lowest BCUT2D eigenvalue weighted by Crippen LogP contribution is -2.31. The van der Waals surface area contributed by atoms with Crippen molar-refractivity contribution in [2.45, 2.75) is 17.7 Å². The van der Waals surface area contributed by atoms with Gasteiger partial charge in [0, 0.05) is 11.5 Å². The first-order chi connectivity index (χ1) is 14.0. The number of allylic oxidation sites excluding steroid dienone is 2. The van der Waals surface area contributed by atoms with E-state index in [2.05, 4.69) is 33.3 Å². The molecule has 8 heteroatoms. The first-order valence-electron chi connectivity index (χ1n) is 8.75. The molecule has 0 fully saturated rings. The van der Waals surface area contributed by atoms with Gasteiger partial charge < -0.3 is 5.32 Å². The number of fused-ring (bicyclic) bond motifs is 1. The van der Waals surface area contributed by atoms with Crippen LogP contribution >= 0.6 is 11.9 Å². The molecule has 1 atom stereocenters. The summed E-state index contributed by atoms with van der Waals surface area (Å²) in [6, 6.07) is 9.26. The number of benzene rings is 2. The Morgan fingerprint density at radius 2 is 1.97 bits per heavy atom. The minimum atomic E-state index is -0.617. The molecule has 2 N–H and O–H groups in total. The molecule has 150 valence electrons. The predicted molar refractivity (Wildman–Crippen MR) is 113 cm³/mol. The second kappa shape index (κ2) is 9.00. The fourth-order valence-corrected chi connectivity index (χ4v) is 3.71. The summed E-state index contributed by atoms with van der Waals surface area (Å²) in [7, 11) is 0. The topological polar surface area (TPSA) is 48.8 Å². The van der Waals surface area contributed by atoms with Crippen LogP contribution in [0.15, 0.2) is 75.5 Å². The Kier molecular flexibility index (Phi) is 6.43. The molecule has 1 heterocycles. The van der Waals surface area contributed by atoms with Crippen molar-refractivity contribution in [2.24, 2.45) is 9.98 Å². The van der Waals surface area contributed by atoms with Crippen LogP contribution in [0.3, 0.4) is 0 Å². The fraction of sp³-hybridized carbons (Fsp3) is 0.143. The summed E-state index contributed by atoms with van der Waals surface area (Å²) in [5.41, 5.74) is 1.23. The third kappa shape index (κ3) is 4.37. The number of nitrogens with one attached hydrogen (secondary N) is 2. The van der Waals surface area contributed by atoms with Gasteiger partial charge in [0.05, 0.1) is 22.8 Å². The maximum atomic E-state index is 14.8. The summed E-state index contributed by atoms with van der Waals surface area (Å²) in [6.45, 7) is 8.34. The SMILES string of the molecule is C=C/C(F)=C(/CN=C1NSc2ccc(F)c(C(C)c3ccccc3F)c2N1)N=C. The molecule has 1 aliphatic heterocycles. The van der Waals surface area contributed by atoms with Gasteiger partial charge in [-0.1, -0.05) is 31.7 Å². The number of halogens is 3. The Morgan fingerprint density at radius 3 is 2.66 bits per heavy atom. The summed E-state index contributed by atoms with van der Waals surface area (Å²) in [5, 5.41) is 3.04. The van der Waals surface area contributed by atoms with Crippen molar-refractivity contribution in [3.05, 3.63) is 83.3 Å². The van der Waals surface area contributed by atoms with E-state index >= 15 is 0 Å². The first kappa shape index (κ1) is 20.7. The molecule has 0 amide bonds.